The number of nitrogens with zero attached hydrogens (tertiary/aromatic N) is 2. The first-order valence-electron chi connectivity index (χ1n) is 19.1. The molecule has 1 aromatic rings. The number of ketones is 1. The molecule has 2 aliphatic carbocycles. The van der Waals surface area contributed by atoms with Crippen molar-refractivity contribution in [3.05, 3.63) is 35.9 Å². The van der Waals surface area contributed by atoms with Gasteiger partial charge in [0.25, 0.3) is 5.91 Å². The number of carbonyl (C=O) groups excluding carboxylic acids is 7. The third-order valence-corrected chi connectivity index (χ3v) is 11.1. The lowest BCUT2D eigenvalue weighted by atomic mass is 9.81. The number of amides is 6. The number of fused-ring (bicyclic) bond motifs is 1. The number of hydrogen-bond acceptors (Lipinski definition) is 8. The molecule has 6 amide bonds. The van der Waals surface area contributed by atoms with Crippen LogP contribution < -0.4 is 21.3 Å². The highest BCUT2D eigenvalue weighted by Crippen LogP contribution is 2.65. The van der Waals surface area contributed by atoms with Gasteiger partial charge in [0.15, 0.2) is 0 Å². The predicted molar refractivity (Wildman–Crippen MR) is 197 cm³/mol. The van der Waals surface area contributed by atoms with Crippen molar-refractivity contribution >= 4 is 41.4 Å². The van der Waals surface area contributed by atoms with Crippen molar-refractivity contribution in [3.63, 3.8) is 0 Å². The van der Waals surface area contributed by atoms with E-state index in [1.807, 2.05) is 27.7 Å². The molecule has 1 aromatic carbocycles. The van der Waals surface area contributed by atoms with Crippen LogP contribution in [0.4, 0.5) is 13.6 Å². The SMILES string of the molecule is CCCC(NC(=O)[C@@H]1[C@@H]2[C@H](CN1C(=O)[C@@H](NC(=O)OCC(C)C)C1CCC(F)(F)CC1)C2(C)C)C(=O)C(=O)NCC(=O)N[C@H](C(=O)N(C)C)c1ccccc1. The first-order chi connectivity index (χ1) is 25.8. The zero-order valence-corrected chi connectivity index (χ0v) is 32.8. The van der Waals surface area contributed by atoms with Crippen molar-refractivity contribution in [2.24, 2.45) is 29.1 Å². The second kappa shape index (κ2) is 17.9. The van der Waals surface area contributed by atoms with Crippen LogP contribution in [-0.4, -0.2) is 109 Å². The smallest absolute Gasteiger partial charge is 0.407 e. The fourth-order valence-electron chi connectivity index (χ4n) is 7.80. The van der Waals surface area contributed by atoms with Gasteiger partial charge in [-0.3, -0.25) is 28.8 Å². The molecule has 3 fully saturated rings. The number of likely N-dealkylation sites (tertiary alicyclic amines) is 1. The summed E-state index contributed by atoms with van der Waals surface area (Å²) in [6.45, 7) is 9.02. The number of carbonyl (C=O) groups is 7. The molecule has 6 atom stereocenters. The molecule has 1 unspecified atom stereocenters. The van der Waals surface area contributed by atoms with Crippen LogP contribution in [0.3, 0.4) is 0 Å². The number of nitrogens with one attached hydrogen (secondary N) is 4. The van der Waals surface area contributed by atoms with E-state index in [0.717, 1.165) is 0 Å². The summed E-state index contributed by atoms with van der Waals surface area (Å²) in [6, 6.07) is 3.94. The number of Topliss-reactive ketones (excluding diaryl/α,β-unsaturated/α-hetero) is 1. The zero-order valence-electron chi connectivity index (χ0n) is 32.8. The molecular weight excluding hydrogens is 718 g/mol. The average Bonchev–Trinajstić information content (AvgIpc) is 3.43. The molecule has 1 aliphatic heterocycles. The molecule has 16 heteroatoms. The highest BCUT2D eigenvalue weighted by molar-refractivity contribution is 6.38. The Morgan fingerprint density at radius 2 is 1.60 bits per heavy atom. The van der Waals surface area contributed by atoms with Gasteiger partial charge in [-0.25, -0.2) is 13.6 Å². The van der Waals surface area contributed by atoms with Gasteiger partial charge in [0.05, 0.1) is 19.2 Å². The monoisotopic (exact) mass is 774 g/mol. The van der Waals surface area contributed by atoms with E-state index in [-0.39, 0.29) is 55.6 Å². The molecule has 3 aliphatic rings. The van der Waals surface area contributed by atoms with E-state index in [1.54, 1.807) is 51.4 Å². The number of alkyl halides is 2. The average molecular weight is 775 g/mol. The summed E-state index contributed by atoms with van der Waals surface area (Å²) in [4.78, 5) is 96.2. The number of benzene rings is 1. The van der Waals surface area contributed by atoms with Gasteiger partial charge in [0.2, 0.25) is 35.3 Å². The Balaban J connectivity index is 1.46. The molecule has 1 saturated heterocycles. The molecule has 2 saturated carbocycles. The summed E-state index contributed by atoms with van der Waals surface area (Å²) in [5.74, 6) is -8.34. The minimum Gasteiger partial charge on any atom is -0.449 e. The normalized spacial score (nSPS) is 22.7. The van der Waals surface area contributed by atoms with Crippen molar-refractivity contribution in [1.29, 1.82) is 0 Å². The molecule has 55 heavy (non-hydrogen) atoms. The maximum Gasteiger partial charge on any atom is 0.407 e. The number of alkyl carbamates (subject to hydrolysis) is 1. The summed E-state index contributed by atoms with van der Waals surface area (Å²) in [7, 11) is 3.08. The lowest BCUT2D eigenvalue weighted by molar-refractivity contribution is -0.145. The van der Waals surface area contributed by atoms with Crippen LogP contribution in [0.1, 0.15) is 84.7 Å². The van der Waals surface area contributed by atoms with Gasteiger partial charge in [-0.1, -0.05) is 71.4 Å². The van der Waals surface area contributed by atoms with Crippen LogP contribution in [0.25, 0.3) is 0 Å². The van der Waals surface area contributed by atoms with Crippen LogP contribution in [-0.2, 0) is 33.5 Å². The Morgan fingerprint density at radius 3 is 2.18 bits per heavy atom. The van der Waals surface area contributed by atoms with Crippen LogP contribution in [0, 0.1) is 29.1 Å². The van der Waals surface area contributed by atoms with Gasteiger partial charge < -0.3 is 35.8 Å². The van der Waals surface area contributed by atoms with Gasteiger partial charge in [-0.15, -0.1) is 0 Å². The van der Waals surface area contributed by atoms with E-state index >= 15 is 0 Å². The highest BCUT2D eigenvalue weighted by Gasteiger charge is 2.70. The molecule has 0 spiro atoms. The number of piperidine rings is 1. The lowest BCUT2D eigenvalue weighted by Gasteiger charge is -2.38. The number of rotatable bonds is 16. The Bertz CT molecular complexity index is 1600. The zero-order chi connectivity index (χ0) is 40.8. The molecular formula is C39H56F2N6O8. The molecule has 0 aromatic heterocycles. The minimum absolute atomic E-state index is 0.0121. The topological polar surface area (TPSA) is 183 Å². The lowest BCUT2D eigenvalue weighted by Crippen LogP contribution is -2.60. The molecule has 0 radical (unpaired) electrons. The van der Waals surface area contributed by atoms with Gasteiger partial charge >= 0.3 is 6.09 Å². The van der Waals surface area contributed by atoms with E-state index in [9.17, 15) is 42.3 Å². The number of likely N-dealkylation sites (N-methyl/N-ethyl adjacent to an activating group) is 1. The highest BCUT2D eigenvalue weighted by atomic mass is 19.3. The molecule has 4 N–H and O–H groups in total. The maximum atomic E-state index is 14.3. The number of halogens is 2. The molecule has 14 nitrogen and oxygen atoms in total. The van der Waals surface area contributed by atoms with Gasteiger partial charge in [0, 0.05) is 33.5 Å². The fraction of sp³-hybridized carbons (Fsp3) is 0.667. The fourth-order valence-corrected chi connectivity index (χ4v) is 7.80. The Morgan fingerprint density at radius 1 is 0.964 bits per heavy atom. The first kappa shape index (κ1) is 43.1. The number of hydrogen-bond donors (Lipinski definition) is 4. The second-order valence-corrected chi connectivity index (χ2v) is 16.2. The summed E-state index contributed by atoms with van der Waals surface area (Å²) in [5, 5.41) is 10.2. The molecule has 304 valence electrons. The van der Waals surface area contributed by atoms with Gasteiger partial charge in [-0.2, -0.15) is 0 Å². The van der Waals surface area contributed by atoms with Crippen molar-refractivity contribution in [3.8, 4) is 0 Å². The standard InChI is InChI=1S/C39H56F2N6O8/c1-8-12-26(32(49)34(51)42-19-27(48)44-29(35(52)46(6)7)23-13-10-9-11-14-23)43-33(50)31-28-25(38(28,4)5)20-47(31)36(53)30(45-37(54)55-21-22(2)3)24-15-17-39(40,41)18-16-24/h9-11,13-14,22,24-26,28-31H,8,12,15-21H2,1-7H3,(H,42,51)(H,43,50)(H,44,48)(H,45,54)/t25-,26?,28-,29-,30-,31-/m0/s1. The van der Waals surface area contributed by atoms with E-state index in [4.69, 9.17) is 4.74 Å². The molecule has 0 bridgehead atoms. The van der Waals surface area contributed by atoms with Crippen LogP contribution in [0.2, 0.25) is 0 Å². The number of ether oxygens (including phenoxy) is 1. The summed E-state index contributed by atoms with van der Waals surface area (Å²) < 4.78 is 33.6. The molecule has 4 rings (SSSR count). The van der Waals surface area contributed by atoms with Crippen LogP contribution >= 0.6 is 0 Å². The summed E-state index contributed by atoms with van der Waals surface area (Å²) in [6.07, 6.45) is -1.30. The Kier molecular flexibility index (Phi) is 14.0. The van der Waals surface area contributed by atoms with Gasteiger partial charge in [-0.05, 0) is 53.9 Å². The van der Waals surface area contributed by atoms with E-state index in [2.05, 4.69) is 21.3 Å². The minimum atomic E-state index is -2.88. The predicted octanol–water partition coefficient (Wildman–Crippen LogP) is 2.96. The molecule has 1 heterocycles. The van der Waals surface area contributed by atoms with Crippen molar-refractivity contribution in [2.45, 2.75) is 103 Å². The third kappa shape index (κ3) is 10.6. The van der Waals surface area contributed by atoms with E-state index in [1.165, 1.54) is 9.80 Å². The third-order valence-electron chi connectivity index (χ3n) is 11.1. The Labute approximate surface area is 321 Å². The summed E-state index contributed by atoms with van der Waals surface area (Å²) in [5.41, 5.74) is 0.197. The van der Waals surface area contributed by atoms with Crippen molar-refractivity contribution in [2.75, 3.05) is 33.8 Å². The van der Waals surface area contributed by atoms with Crippen molar-refractivity contribution < 1.29 is 47.1 Å². The van der Waals surface area contributed by atoms with Crippen molar-refractivity contribution in [1.82, 2.24) is 31.1 Å². The van der Waals surface area contributed by atoms with Crippen LogP contribution in [0.5, 0.6) is 0 Å². The van der Waals surface area contributed by atoms with Gasteiger partial charge in [0.1, 0.15) is 18.1 Å². The van der Waals surface area contributed by atoms with E-state index < -0.39 is 96.8 Å². The summed E-state index contributed by atoms with van der Waals surface area (Å²) >= 11 is 0. The first-order valence-corrected chi connectivity index (χ1v) is 19.1. The van der Waals surface area contributed by atoms with Crippen LogP contribution in [0.15, 0.2) is 30.3 Å². The van der Waals surface area contributed by atoms with E-state index in [0.29, 0.717) is 12.0 Å². The Hall–Kier alpha value is -4.63. The quantitative estimate of drug-likeness (QED) is 0.185. The second-order valence-electron chi connectivity index (χ2n) is 16.2. The largest absolute Gasteiger partial charge is 0.449 e. The maximum absolute atomic E-state index is 14.3.